The molecule has 26 heavy (non-hydrogen) atoms. The number of alkyl halides is 3. The predicted octanol–water partition coefficient (Wildman–Crippen LogP) is 2.19. The molecule has 0 spiro atoms. The van der Waals surface area contributed by atoms with E-state index >= 15 is 0 Å². The Bertz CT molecular complexity index is 757. The van der Waals surface area contributed by atoms with Crippen LogP contribution in [0.3, 0.4) is 0 Å². The Balaban J connectivity index is 1.70. The van der Waals surface area contributed by atoms with Crippen molar-refractivity contribution in [3.8, 4) is 0 Å². The molecular weight excluding hydrogens is 349 g/mol. The molecule has 140 valence electrons. The molecule has 8 heteroatoms. The molecule has 0 unspecified atom stereocenters. The smallest absolute Gasteiger partial charge is 0.370 e. The first-order valence-corrected chi connectivity index (χ1v) is 8.00. The average Bonchev–Trinajstić information content (AvgIpc) is 2.59. The lowest BCUT2D eigenvalue weighted by Gasteiger charge is -2.10. The van der Waals surface area contributed by atoms with Crippen LogP contribution in [-0.4, -0.2) is 44.3 Å². The molecule has 0 saturated carbocycles. The zero-order valence-corrected chi connectivity index (χ0v) is 13.9. The summed E-state index contributed by atoms with van der Waals surface area (Å²) in [6.45, 7) is -1.92. The molecule has 0 aliphatic rings. The SMILES string of the molecule is O=C(CNC(=O)Cc1cccc2ccccc12)NCCOCC(F)(F)F. The van der Waals surface area contributed by atoms with Gasteiger partial charge in [0.25, 0.3) is 0 Å². The van der Waals surface area contributed by atoms with Gasteiger partial charge in [0.2, 0.25) is 11.8 Å². The Hall–Kier alpha value is -2.61. The molecule has 0 heterocycles. The molecule has 0 aliphatic heterocycles. The average molecular weight is 368 g/mol. The summed E-state index contributed by atoms with van der Waals surface area (Å²) < 4.78 is 40.0. The molecular formula is C18H19F3N2O3. The maximum absolute atomic E-state index is 12.0. The van der Waals surface area contributed by atoms with Crippen LogP contribution < -0.4 is 10.6 Å². The van der Waals surface area contributed by atoms with E-state index < -0.39 is 18.7 Å². The molecule has 0 aromatic heterocycles. The highest BCUT2D eigenvalue weighted by Crippen LogP contribution is 2.18. The number of carbonyl (C=O) groups is 2. The summed E-state index contributed by atoms with van der Waals surface area (Å²) >= 11 is 0. The molecule has 2 aromatic rings. The summed E-state index contributed by atoms with van der Waals surface area (Å²) in [6.07, 6.45) is -4.26. The zero-order chi connectivity index (χ0) is 19.0. The zero-order valence-electron chi connectivity index (χ0n) is 13.9. The summed E-state index contributed by atoms with van der Waals surface area (Å²) in [5.41, 5.74) is 0.849. The minimum Gasteiger partial charge on any atom is -0.370 e. The Morgan fingerprint density at radius 2 is 1.69 bits per heavy atom. The van der Waals surface area contributed by atoms with Gasteiger partial charge in [0.05, 0.1) is 19.6 Å². The van der Waals surface area contributed by atoms with Crippen LogP contribution in [0.2, 0.25) is 0 Å². The normalized spacial score (nSPS) is 11.3. The van der Waals surface area contributed by atoms with Crippen molar-refractivity contribution >= 4 is 22.6 Å². The van der Waals surface area contributed by atoms with Crippen molar-refractivity contribution in [2.24, 2.45) is 0 Å². The number of benzene rings is 2. The summed E-state index contributed by atoms with van der Waals surface area (Å²) in [5.74, 6) is -0.809. The third kappa shape index (κ3) is 6.72. The van der Waals surface area contributed by atoms with Gasteiger partial charge in [-0.1, -0.05) is 42.5 Å². The van der Waals surface area contributed by atoms with Crippen LogP contribution in [-0.2, 0) is 20.7 Å². The maximum atomic E-state index is 12.0. The van der Waals surface area contributed by atoms with Crippen molar-refractivity contribution in [3.05, 3.63) is 48.0 Å². The molecule has 2 rings (SSSR count). The van der Waals surface area contributed by atoms with Crippen LogP contribution in [0.25, 0.3) is 10.8 Å². The number of rotatable bonds is 8. The van der Waals surface area contributed by atoms with Crippen molar-refractivity contribution in [3.63, 3.8) is 0 Å². The Labute approximate surface area is 148 Å². The fourth-order valence-electron chi connectivity index (χ4n) is 2.37. The third-order valence-corrected chi connectivity index (χ3v) is 3.51. The highest BCUT2D eigenvalue weighted by atomic mass is 19.4. The van der Waals surface area contributed by atoms with E-state index in [1.807, 2.05) is 42.5 Å². The standard InChI is InChI=1S/C18H19F3N2O3/c19-18(20,21)12-26-9-8-22-17(25)11-23-16(24)10-14-6-3-5-13-4-1-2-7-15(13)14/h1-7H,8-12H2,(H,22,25)(H,23,24). The molecule has 0 saturated heterocycles. The Morgan fingerprint density at radius 3 is 2.46 bits per heavy atom. The number of hydrogen-bond acceptors (Lipinski definition) is 3. The fraction of sp³-hybridized carbons (Fsp3) is 0.333. The van der Waals surface area contributed by atoms with Gasteiger partial charge >= 0.3 is 6.18 Å². The van der Waals surface area contributed by atoms with Gasteiger partial charge in [-0.3, -0.25) is 9.59 Å². The molecule has 0 bridgehead atoms. The maximum Gasteiger partial charge on any atom is 0.411 e. The van der Waals surface area contributed by atoms with Gasteiger partial charge in [-0.2, -0.15) is 13.2 Å². The van der Waals surface area contributed by atoms with Crippen molar-refractivity contribution in [1.29, 1.82) is 0 Å². The van der Waals surface area contributed by atoms with Gasteiger partial charge in [0.1, 0.15) is 6.61 Å². The number of halogens is 3. The number of hydrogen-bond donors (Lipinski definition) is 2. The van der Waals surface area contributed by atoms with Crippen molar-refractivity contribution in [1.82, 2.24) is 10.6 Å². The van der Waals surface area contributed by atoms with Gasteiger partial charge in [0.15, 0.2) is 0 Å². The van der Waals surface area contributed by atoms with Crippen molar-refractivity contribution in [2.45, 2.75) is 12.6 Å². The van der Waals surface area contributed by atoms with Gasteiger partial charge in [-0.05, 0) is 16.3 Å². The molecule has 0 radical (unpaired) electrons. The van der Waals surface area contributed by atoms with Crippen LogP contribution in [0, 0.1) is 0 Å². The molecule has 0 fully saturated rings. The van der Waals surface area contributed by atoms with Crippen LogP contribution in [0.4, 0.5) is 13.2 Å². The lowest BCUT2D eigenvalue weighted by atomic mass is 10.0. The molecule has 2 amide bonds. The second-order valence-corrected chi connectivity index (χ2v) is 5.61. The summed E-state index contributed by atoms with van der Waals surface area (Å²) in [6, 6.07) is 13.3. The van der Waals surface area contributed by atoms with E-state index in [0.717, 1.165) is 16.3 Å². The molecule has 2 N–H and O–H groups in total. The van der Waals surface area contributed by atoms with Gasteiger partial charge in [0, 0.05) is 6.54 Å². The van der Waals surface area contributed by atoms with E-state index in [2.05, 4.69) is 15.4 Å². The monoisotopic (exact) mass is 368 g/mol. The number of carbonyl (C=O) groups excluding carboxylic acids is 2. The summed E-state index contributed by atoms with van der Waals surface area (Å²) in [7, 11) is 0. The first-order chi connectivity index (χ1) is 12.3. The van der Waals surface area contributed by atoms with Crippen LogP contribution in [0.5, 0.6) is 0 Å². The summed E-state index contributed by atoms with van der Waals surface area (Å²) in [4.78, 5) is 23.6. The van der Waals surface area contributed by atoms with Crippen LogP contribution >= 0.6 is 0 Å². The number of fused-ring (bicyclic) bond motifs is 1. The Kier molecular flexibility index (Phi) is 6.97. The fourth-order valence-corrected chi connectivity index (χ4v) is 2.37. The first kappa shape index (κ1) is 19.7. The van der Waals surface area contributed by atoms with E-state index in [4.69, 9.17) is 0 Å². The lowest BCUT2D eigenvalue weighted by molar-refractivity contribution is -0.173. The first-order valence-electron chi connectivity index (χ1n) is 8.00. The van der Waals surface area contributed by atoms with Crippen LogP contribution in [0.1, 0.15) is 5.56 Å². The number of nitrogens with one attached hydrogen (secondary N) is 2. The highest BCUT2D eigenvalue weighted by Gasteiger charge is 2.27. The quantitative estimate of drug-likeness (QED) is 0.702. The van der Waals surface area contributed by atoms with E-state index in [1.165, 1.54) is 0 Å². The minimum atomic E-state index is -4.39. The number of amides is 2. The van der Waals surface area contributed by atoms with Crippen molar-refractivity contribution < 1.29 is 27.5 Å². The Morgan fingerprint density at radius 1 is 0.962 bits per heavy atom. The second-order valence-electron chi connectivity index (χ2n) is 5.61. The summed E-state index contributed by atoms with van der Waals surface area (Å²) in [5, 5.41) is 6.85. The van der Waals surface area contributed by atoms with Gasteiger partial charge in [-0.15, -0.1) is 0 Å². The largest absolute Gasteiger partial charge is 0.411 e. The topological polar surface area (TPSA) is 67.4 Å². The molecule has 2 aromatic carbocycles. The predicted molar refractivity (Wildman–Crippen MR) is 90.5 cm³/mol. The van der Waals surface area contributed by atoms with Gasteiger partial charge < -0.3 is 15.4 Å². The van der Waals surface area contributed by atoms with E-state index in [9.17, 15) is 22.8 Å². The molecule has 0 aliphatic carbocycles. The second kappa shape index (κ2) is 9.19. The van der Waals surface area contributed by atoms with Gasteiger partial charge in [-0.25, -0.2) is 0 Å². The minimum absolute atomic E-state index is 0.0614. The van der Waals surface area contributed by atoms with E-state index in [0.29, 0.717) is 0 Å². The van der Waals surface area contributed by atoms with E-state index in [-0.39, 0.29) is 32.0 Å². The van der Waals surface area contributed by atoms with E-state index in [1.54, 1.807) is 0 Å². The van der Waals surface area contributed by atoms with Crippen molar-refractivity contribution in [2.75, 3.05) is 26.3 Å². The van der Waals surface area contributed by atoms with Crippen LogP contribution in [0.15, 0.2) is 42.5 Å². The lowest BCUT2D eigenvalue weighted by Crippen LogP contribution is -2.39. The number of ether oxygens (including phenoxy) is 1. The molecule has 0 atom stereocenters. The molecule has 5 nitrogen and oxygen atoms in total. The highest BCUT2D eigenvalue weighted by molar-refractivity contribution is 5.91. The third-order valence-electron chi connectivity index (χ3n) is 3.51.